The molecule has 0 aromatic heterocycles. The van der Waals surface area contributed by atoms with Crippen LogP contribution in [0.4, 0.5) is 5.69 Å². The highest BCUT2D eigenvalue weighted by molar-refractivity contribution is 6.16. The molecule has 1 saturated carbocycles. The van der Waals surface area contributed by atoms with E-state index in [0.29, 0.717) is 11.3 Å². The maximum Gasteiger partial charge on any atom is 0.230 e. The average Bonchev–Trinajstić information content (AvgIpc) is 2.67. The molecule has 0 radical (unpaired) electrons. The van der Waals surface area contributed by atoms with Crippen LogP contribution in [-0.4, -0.2) is 74.6 Å². The highest BCUT2D eigenvalue weighted by Gasteiger charge is 2.66. The number of Topliss-reactive ketones (excluding diaryl/α,β-unsaturated/α-hetero) is 2. The van der Waals surface area contributed by atoms with Crippen LogP contribution in [0.1, 0.15) is 22.3 Å². The number of carbonyl (C=O) groups is 3. The second-order valence-corrected chi connectivity index (χ2v) is 8.82. The number of hydrogen-bond donors (Lipinski definition) is 6. The van der Waals surface area contributed by atoms with E-state index in [1.165, 1.54) is 12.1 Å². The van der Waals surface area contributed by atoms with Gasteiger partial charge in [0.1, 0.15) is 17.4 Å². The van der Waals surface area contributed by atoms with Gasteiger partial charge in [0.05, 0.1) is 11.7 Å². The van der Waals surface area contributed by atoms with Crippen LogP contribution < -0.4 is 11.5 Å². The summed E-state index contributed by atoms with van der Waals surface area (Å²) in [5, 5.41) is 43.6. The lowest BCUT2D eigenvalue weighted by Gasteiger charge is -2.53. The number of aromatic hydroxyl groups is 1. The molecule has 3 aliphatic carbocycles. The summed E-state index contributed by atoms with van der Waals surface area (Å²) in [5.41, 5.74) is 9.22. The molecule has 8 N–H and O–H groups in total. The first-order valence-corrected chi connectivity index (χ1v) is 9.92. The number of phenolic OH excluding ortho intramolecular Hbond substituents is 1. The lowest BCUT2D eigenvalue weighted by Crippen LogP contribution is -2.71. The third-order valence-corrected chi connectivity index (χ3v) is 7.01. The van der Waals surface area contributed by atoms with Crippen molar-refractivity contribution < 1.29 is 34.8 Å². The largest absolute Gasteiger partial charge is 0.508 e. The number of nitrogen functional groups attached to an aromatic ring is 1. The number of nitrogens with zero attached hydrogens (tertiary/aromatic N) is 1. The molecule has 6 atom stereocenters. The van der Waals surface area contributed by atoms with Crippen molar-refractivity contribution >= 4 is 23.2 Å². The zero-order valence-electron chi connectivity index (χ0n) is 17.1. The fourth-order valence-corrected chi connectivity index (χ4v) is 5.63. The third kappa shape index (κ3) is 2.65. The topological polar surface area (TPSA) is 187 Å². The number of likely N-dealkylation sites (N-methyl/N-ethyl adjacent to an activating group) is 1. The van der Waals surface area contributed by atoms with Crippen LogP contribution >= 0.6 is 0 Å². The van der Waals surface area contributed by atoms with Gasteiger partial charge in [-0.3, -0.25) is 14.4 Å². The predicted molar refractivity (Wildman–Crippen MR) is 108 cm³/mol. The number of amides is 1. The van der Waals surface area contributed by atoms with Gasteiger partial charge < -0.3 is 36.8 Å². The Bertz CT molecular complexity index is 1050. The van der Waals surface area contributed by atoms with Crippen LogP contribution in [0.5, 0.6) is 5.75 Å². The number of ketones is 2. The van der Waals surface area contributed by atoms with Crippen LogP contribution in [0.2, 0.25) is 0 Å². The molecule has 166 valence electrons. The number of carbonyl (C=O) groups excluding carboxylic acids is 3. The van der Waals surface area contributed by atoms with Crippen molar-refractivity contribution in [3.05, 3.63) is 34.6 Å². The third-order valence-electron chi connectivity index (χ3n) is 7.01. The molecular weight excluding hydrogens is 406 g/mol. The van der Waals surface area contributed by atoms with E-state index < -0.39 is 58.7 Å². The number of allylic oxidation sites excluding steroid dienone is 1. The molecule has 10 heteroatoms. The summed E-state index contributed by atoms with van der Waals surface area (Å²) in [5.74, 6) is -7.59. The van der Waals surface area contributed by atoms with Crippen molar-refractivity contribution in [3.8, 4) is 5.75 Å². The minimum Gasteiger partial charge on any atom is -0.508 e. The van der Waals surface area contributed by atoms with Crippen LogP contribution in [0.15, 0.2) is 23.5 Å². The van der Waals surface area contributed by atoms with Crippen LogP contribution in [0.3, 0.4) is 0 Å². The smallest absolute Gasteiger partial charge is 0.230 e. The quantitative estimate of drug-likeness (QED) is 0.191. The van der Waals surface area contributed by atoms with Gasteiger partial charge in [-0.05, 0) is 50.6 Å². The van der Waals surface area contributed by atoms with Gasteiger partial charge in [-0.25, -0.2) is 0 Å². The lowest BCUT2D eigenvalue weighted by atomic mass is 9.56. The number of anilines is 1. The van der Waals surface area contributed by atoms with Crippen LogP contribution in [0, 0.1) is 17.8 Å². The van der Waals surface area contributed by atoms with Gasteiger partial charge in [0, 0.05) is 23.2 Å². The van der Waals surface area contributed by atoms with Gasteiger partial charge in [-0.2, -0.15) is 0 Å². The van der Waals surface area contributed by atoms with E-state index >= 15 is 0 Å². The van der Waals surface area contributed by atoms with Crippen LogP contribution in [-0.2, 0) is 16.0 Å². The molecule has 1 aromatic rings. The van der Waals surface area contributed by atoms with E-state index in [9.17, 15) is 34.8 Å². The molecule has 1 aromatic carbocycles. The number of phenols is 1. The van der Waals surface area contributed by atoms with Crippen molar-refractivity contribution in [2.24, 2.45) is 23.5 Å². The molecule has 1 fully saturated rings. The van der Waals surface area contributed by atoms with E-state index in [4.69, 9.17) is 11.5 Å². The first kappa shape index (κ1) is 21.3. The summed E-state index contributed by atoms with van der Waals surface area (Å²) in [6.45, 7) is 0. The van der Waals surface area contributed by atoms with Crippen molar-refractivity contribution in [1.29, 1.82) is 0 Å². The number of aliphatic hydroxyl groups excluding tert-OH is 2. The number of benzene rings is 1. The Kier molecular flexibility index (Phi) is 4.65. The lowest BCUT2D eigenvalue weighted by molar-refractivity contribution is -0.178. The Balaban J connectivity index is 1.95. The molecule has 4 unspecified atom stereocenters. The normalized spacial score (nSPS) is 34.9. The molecule has 0 heterocycles. The Hall–Kier alpha value is -2.95. The molecule has 0 spiro atoms. The molecule has 0 saturated heterocycles. The zero-order chi connectivity index (χ0) is 23.0. The van der Waals surface area contributed by atoms with E-state index in [-0.39, 0.29) is 29.7 Å². The van der Waals surface area contributed by atoms with Gasteiger partial charge in [0.25, 0.3) is 0 Å². The fourth-order valence-electron chi connectivity index (χ4n) is 5.63. The Labute approximate surface area is 177 Å². The SMILES string of the molecule is CN(C)[C@@H]1C(O)C(C(N)=O)C(=O)[C@@]2(O)C(O)=C3C(=O)c4c(O)ccc(N)c4CC3CC12. The monoisotopic (exact) mass is 431 g/mol. The van der Waals surface area contributed by atoms with Gasteiger partial charge in [0.15, 0.2) is 17.2 Å². The highest BCUT2D eigenvalue weighted by atomic mass is 16.3. The summed E-state index contributed by atoms with van der Waals surface area (Å²) in [4.78, 5) is 39.9. The number of rotatable bonds is 2. The maximum absolute atomic E-state index is 13.2. The van der Waals surface area contributed by atoms with Crippen molar-refractivity contribution in [2.45, 2.75) is 30.6 Å². The summed E-state index contributed by atoms with van der Waals surface area (Å²) in [6.07, 6.45) is -1.25. The first-order valence-electron chi connectivity index (χ1n) is 9.92. The van der Waals surface area contributed by atoms with E-state index in [1.807, 2.05) is 0 Å². The minimum atomic E-state index is -2.58. The summed E-state index contributed by atoms with van der Waals surface area (Å²) in [7, 11) is 3.21. The molecule has 10 nitrogen and oxygen atoms in total. The molecule has 4 rings (SSSR count). The summed E-state index contributed by atoms with van der Waals surface area (Å²) < 4.78 is 0. The van der Waals surface area contributed by atoms with Gasteiger partial charge in [-0.1, -0.05) is 0 Å². The highest BCUT2D eigenvalue weighted by Crippen LogP contribution is 2.52. The first-order chi connectivity index (χ1) is 14.4. The van der Waals surface area contributed by atoms with Gasteiger partial charge in [0.2, 0.25) is 5.91 Å². The average molecular weight is 431 g/mol. The Morgan fingerprint density at radius 1 is 1.23 bits per heavy atom. The molecular formula is C21H25N3O7. The number of primary amides is 1. The number of nitrogens with two attached hydrogens (primary N) is 2. The second-order valence-electron chi connectivity index (χ2n) is 8.82. The molecule has 3 aliphatic rings. The van der Waals surface area contributed by atoms with Crippen molar-refractivity contribution in [1.82, 2.24) is 4.90 Å². The Morgan fingerprint density at radius 2 is 1.87 bits per heavy atom. The van der Waals surface area contributed by atoms with Gasteiger partial charge >= 0.3 is 0 Å². The zero-order valence-corrected chi connectivity index (χ0v) is 17.1. The molecule has 0 bridgehead atoms. The van der Waals surface area contributed by atoms with E-state index in [0.717, 1.165) is 0 Å². The number of fused-ring (bicyclic) bond motifs is 3. The predicted octanol–water partition coefficient (Wildman–Crippen LogP) is -1.13. The molecule has 0 aliphatic heterocycles. The van der Waals surface area contributed by atoms with Crippen molar-refractivity contribution in [3.63, 3.8) is 0 Å². The Morgan fingerprint density at radius 3 is 2.45 bits per heavy atom. The molecule has 31 heavy (non-hydrogen) atoms. The number of aliphatic hydroxyl groups is 3. The van der Waals surface area contributed by atoms with E-state index in [2.05, 4.69) is 0 Å². The number of hydrogen-bond acceptors (Lipinski definition) is 9. The second kappa shape index (κ2) is 6.78. The van der Waals surface area contributed by atoms with Gasteiger partial charge in [-0.15, -0.1) is 0 Å². The summed E-state index contributed by atoms with van der Waals surface area (Å²) in [6, 6.07) is 1.84. The standard InChI is InChI=1S/C21H25N3O7/c1-24(2)15-9-6-7-5-8-10(22)3-4-11(25)13(8)16(26)12(7)18(28)21(9,31)19(29)14(17(15)27)20(23)30/h3-4,7,9,14-15,17,25,27-28,31H,5-6,22H2,1-2H3,(H2,23,30)/t7?,9?,14?,15-,17?,21-/m0/s1. The van der Waals surface area contributed by atoms with Crippen molar-refractivity contribution in [2.75, 3.05) is 19.8 Å². The summed E-state index contributed by atoms with van der Waals surface area (Å²) >= 11 is 0. The van der Waals surface area contributed by atoms with Crippen LogP contribution in [0.25, 0.3) is 0 Å². The van der Waals surface area contributed by atoms with E-state index in [1.54, 1.807) is 19.0 Å². The minimum absolute atomic E-state index is 0.0628. The fraction of sp³-hybridized carbons (Fsp3) is 0.476. The molecule has 1 amide bonds. The maximum atomic E-state index is 13.2.